The Hall–Kier alpha value is -0.100. The molecule has 0 N–H and O–H groups in total. The van der Waals surface area contributed by atoms with Crippen LogP contribution in [0.25, 0.3) is 0 Å². The van der Waals surface area contributed by atoms with E-state index in [9.17, 15) is 4.79 Å². The van der Waals surface area contributed by atoms with Crippen molar-refractivity contribution in [3.8, 4) is 0 Å². The van der Waals surface area contributed by atoms with E-state index < -0.39 is 6.83 Å². The summed E-state index contributed by atoms with van der Waals surface area (Å²) in [4.78, 5) is 13.8. The summed E-state index contributed by atoms with van der Waals surface area (Å²) < 4.78 is 7.20. The van der Waals surface area contributed by atoms with Crippen LogP contribution in [0.4, 0.5) is 0 Å². The normalized spacial score (nSPS) is 13.0. The van der Waals surface area contributed by atoms with Crippen LogP contribution in [0.5, 0.6) is 0 Å². The molecular formula is C38H79O2P. The summed E-state index contributed by atoms with van der Waals surface area (Å²) in [6, 6.07) is 0. The summed E-state index contributed by atoms with van der Waals surface area (Å²) in [6.07, 6.45) is 38.9. The van der Waals surface area contributed by atoms with Crippen LogP contribution < -0.4 is 0 Å². The van der Waals surface area contributed by atoms with Crippen molar-refractivity contribution in [2.45, 2.75) is 208 Å². The van der Waals surface area contributed by atoms with E-state index in [1.807, 2.05) is 0 Å². The molecule has 41 heavy (non-hydrogen) atoms. The van der Waals surface area contributed by atoms with Gasteiger partial charge >= 0.3 is 248 Å². The number of carbonyl (C=O) groups excluding carboxylic acids is 1. The predicted molar refractivity (Wildman–Crippen MR) is 190 cm³/mol. The average molecular weight is 599 g/mol. The Morgan fingerprint density at radius 1 is 0.415 bits per heavy atom. The zero-order chi connectivity index (χ0) is 30.5. The Bertz CT molecular complexity index is 537. The Balaban J connectivity index is 5.56. The average Bonchev–Trinajstić information content (AvgIpc) is 2.97. The van der Waals surface area contributed by atoms with Crippen LogP contribution in [-0.2, 0) is 9.32 Å². The van der Waals surface area contributed by atoms with Crippen LogP contribution >= 0.6 is 6.83 Å². The number of hydrogen-bond acceptors (Lipinski definition) is 2. The number of unbranched alkanes of at least 4 members (excludes halogenated alkanes) is 20. The standard InChI is InChI=1S/C38H79O2P/c1-7-13-17-21-22-23-24-25-26-27-28-32-36-41(33-29-18-14-8-2,34-30-19-15-9-3,35-31-20-16-10-4)40-38(39)37(11-5)12-6/h37H,7-36H2,1-6H3. The van der Waals surface area contributed by atoms with Gasteiger partial charge in [-0.05, 0) is 0 Å². The van der Waals surface area contributed by atoms with E-state index in [-0.39, 0.29) is 11.9 Å². The van der Waals surface area contributed by atoms with Crippen LogP contribution in [-0.4, -0.2) is 30.6 Å². The predicted octanol–water partition coefficient (Wildman–Crippen LogP) is 13.9. The molecule has 0 aliphatic carbocycles. The Kier molecular flexibility index (Phi) is 27.4. The van der Waals surface area contributed by atoms with E-state index in [0.717, 1.165) is 12.8 Å². The fraction of sp³-hybridized carbons (Fsp3) is 0.974. The van der Waals surface area contributed by atoms with Gasteiger partial charge in [0.1, 0.15) is 0 Å². The van der Waals surface area contributed by atoms with Gasteiger partial charge < -0.3 is 0 Å². The third-order valence-corrected chi connectivity index (χ3v) is 16.5. The summed E-state index contributed by atoms with van der Waals surface area (Å²) >= 11 is 0. The van der Waals surface area contributed by atoms with Gasteiger partial charge in [0.05, 0.1) is 0 Å². The summed E-state index contributed by atoms with van der Waals surface area (Å²) in [7, 11) is 0. The molecule has 0 aliphatic rings. The van der Waals surface area contributed by atoms with Gasteiger partial charge in [-0.15, -0.1) is 0 Å². The molecule has 3 heteroatoms. The van der Waals surface area contributed by atoms with Crippen LogP contribution in [0, 0.1) is 5.92 Å². The van der Waals surface area contributed by atoms with Crippen molar-refractivity contribution in [2.24, 2.45) is 5.92 Å². The SMILES string of the molecule is CCCCCCCCCCCCCCP(CCCCCC)(CCCCCC)(CCCCCC)OC(=O)C(CC)CC. The third-order valence-electron chi connectivity index (χ3n) is 9.98. The minimum absolute atomic E-state index is 0.0837. The first kappa shape index (κ1) is 40.9. The van der Waals surface area contributed by atoms with E-state index in [1.165, 1.54) is 179 Å². The molecule has 0 atom stereocenters. The Morgan fingerprint density at radius 3 is 0.927 bits per heavy atom. The number of carbonyl (C=O) groups is 1. The Labute approximate surface area is 260 Å². The first-order valence-corrected chi connectivity index (χ1v) is 22.1. The van der Waals surface area contributed by atoms with Crippen molar-refractivity contribution in [1.29, 1.82) is 0 Å². The van der Waals surface area contributed by atoms with E-state index in [0.29, 0.717) is 0 Å². The third kappa shape index (κ3) is 19.7. The first-order valence-electron chi connectivity index (χ1n) is 19.2. The minimum atomic E-state index is -2.61. The molecule has 0 bridgehead atoms. The molecule has 2 nitrogen and oxygen atoms in total. The molecule has 0 aromatic heterocycles. The molecule has 248 valence electrons. The molecule has 0 radical (unpaired) electrons. The van der Waals surface area contributed by atoms with E-state index in [1.54, 1.807) is 0 Å². The second-order valence-electron chi connectivity index (χ2n) is 13.7. The summed E-state index contributed by atoms with van der Waals surface area (Å²) in [5, 5.41) is 0. The summed E-state index contributed by atoms with van der Waals surface area (Å²) in [6.45, 7) is 11.0. The van der Waals surface area contributed by atoms with Gasteiger partial charge in [-0.25, -0.2) is 0 Å². The molecule has 0 aromatic carbocycles. The molecule has 0 aliphatic heterocycles. The van der Waals surface area contributed by atoms with Crippen LogP contribution in [0.2, 0.25) is 0 Å². The molecule has 0 saturated heterocycles. The molecule has 0 rings (SSSR count). The monoisotopic (exact) mass is 599 g/mol. The zero-order valence-electron chi connectivity index (χ0n) is 29.6. The second-order valence-corrected chi connectivity index (χ2v) is 19.4. The Morgan fingerprint density at radius 2 is 0.659 bits per heavy atom. The quantitative estimate of drug-likeness (QED) is 0.0568. The van der Waals surface area contributed by atoms with E-state index in [2.05, 4.69) is 41.5 Å². The summed E-state index contributed by atoms with van der Waals surface area (Å²) in [5.41, 5.74) is 0. The van der Waals surface area contributed by atoms with Crippen LogP contribution in [0.3, 0.4) is 0 Å². The van der Waals surface area contributed by atoms with Crippen molar-refractivity contribution >= 4 is 12.8 Å². The van der Waals surface area contributed by atoms with Gasteiger partial charge in [0, 0.05) is 0 Å². The van der Waals surface area contributed by atoms with Crippen molar-refractivity contribution in [2.75, 3.05) is 24.6 Å². The second kappa shape index (κ2) is 27.4. The zero-order valence-corrected chi connectivity index (χ0v) is 30.4. The molecule has 0 fully saturated rings. The van der Waals surface area contributed by atoms with Gasteiger partial charge in [-0.1, -0.05) is 13.3 Å². The molecule has 0 heterocycles. The number of rotatable bonds is 32. The van der Waals surface area contributed by atoms with Crippen LogP contribution in [0.15, 0.2) is 0 Å². The van der Waals surface area contributed by atoms with Crippen molar-refractivity contribution in [3.05, 3.63) is 0 Å². The fourth-order valence-corrected chi connectivity index (χ4v) is 13.4. The van der Waals surface area contributed by atoms with Gasteiger partial charge in [-0.3, -0.25) is 0 Å². The maximum atomic E-state index is 13.8. The van der Waals surface area contributed by atoms with E-state index in [4.69, 9.17) is 4.52 Å². The molecule has 0 aromatic rings. The molecule has 0 amide bonds. The first-order chi connectivity index (χ1) is 20.0. The van der Waals surface area contributed by atoms with Crippen molar-refractivity contribution < 1.29 is 9.32 Å². The number of hydrogen-bond donors (Lipinski definition) is 0. The van der Waals surface area contributed by atoms with Gasteiger partial charge in [0.2, 0.25) is 0 Å². The van der Waals surface area contributed by atoms with Gasteiger partial charge in [0.25, 0.3) is 0 Å². The van der Waals surface area contributed by atoms with Gasteiger partial charge in [-0.2, -0.15) is 0 Å². The molecule has 0 spiro atoms. The topological polar surface area (TPSA) is 26.3 Å². The summed E-state index contributed by atoms with van der Waals surface area (Å²) in [5.74, 6) is 0.258. The van der Waals surface area contributed by atoms with Crippen molar-refractivity contribution in [3.63, 3.8) is 0 Å². The molecule has 0 saturated carbocycles. The maximum absolute atomic E-state index is 13.8. The molecule has 0 unspecified atom stereocenters. The molecular weight excluding hydrogens is 519 g/mol. The van der Waals surface area contributed by atoms with E-state index >= 15 is 0 Å². The van der Waals surface area contributed by atoms with Crippen molar-refractivity contribution in [1.82, 2.24) is 0 Å². The van der Waals surface area contributed by atoms with Crippen LogP contribution in [0.1, 0.15) is 208 Å². The van der Waals surface area contributed by atoms with Gasteiger partial charge in [0.15, 0.2) is 0 Å². The fourth-order valence-electron chi connectivity index (χ4n) is 6.97.